The van der Waals surface area contributed by atoms with Gasteiger partial charge >= 0.3 is 0 Å². The van der Waals surface area contributed by atoms with Gasteiger partial charge in [0.05, 0.1) is 24.7 Å². The molecule has 6 nitrogen and oxygen atoms in total. The Bertz CT molecular complexity index is 504. The highest BCUT2D eigenvalue weighted by atomic mass is 16.3. The molecule has 96 valence electrons. The number of hydrogen-bond donors (Lipinski definition) is 1. The average Bonchev–Trinajstić information content (AvgIpc) is 2.97. The van der Waals surface area contributed by atoms with Gasteiger partial charge in [0.2, 0.25) is 5.91 Å². The lowest BCUT2D eigenvalue weighted by Gasteiger charge is -2.19. The van der Waals surface area contributed by atoms with Gasteiger partial charge in [0, 0.05) is 12.7 Å². The van der Waals surface area contributed by atoms with Crippen LogP contribution in [0.2, 0.25) is 0 Å². The summed E-state index contributed by atoms with van der Waals surface area (Å²) in [6, 6.07) is 3.66. The zero-order valence-corrected chi connectivity index (χ0v) is 10.2. The van der Waals surface area contributed by atoms with Crippen LogP contribution in [0.3, 0.4) is 0 Å². The first-order valence-electron chi connectivity index (χ1n) is 5.77. The van der Waals surface area contributed by atoms with E-state index in [4.69, 9.17) is 10.2 Å². The van der Waals surface area contributed by atoms with Crippen LogP contribution in [0, 0.1) is 0 Å². The van der Waals surface area contributed by atoms with Crippen LogP contribution in [0.15, 0.2) is 35.2 Å². The Morgan fingerprint density at radius 3 is 3.00 bits per heavy atom. The van der Waals surface area contributed by atoms with Crippen molar-refractivity contribution in [1.29, 1.82) is 0 Å². The van der Waals surface area contributed by atoms with Crippen molar-refractivity contribution in [3.05, 3.63) is 36.5 Å². The van der Waals surface area contributed by atoms with Gasteiger partial charge in [-0.25, -0.2) is 0 Å². The zero-order chi connectivity index (χ0) is 13.0. The largest absolute Gasteiger partial charge is 0.467 e. The highest BCUT2D eigenvalue weighted by molar-refractivity contribution is 5.75. The molecule has 0 unspecified atom stereocenters. The van der Waals surface area contributed by atoms with Crippen LogP contribution in [0.25, 0.3) is 0 Å². The van der Waals surface area contributed by atoms with Gasteiger partial charge < -0.3 is 15.1 Å². The number of carbonyl (C=O) groups excluding carboxylic acids is 1. The third-order valence-electron chi connectivity index (χ3n) is 2.61. The summed E-state index contributed by atoms with van der Waals surface area (Å²) >= 11 is 0. The molecule has 2 heterocycles. The smallest absolute Gasteiger partial charge is 0.244 e. The lowest BCUT2D eigenvalue weighted by atomic mass is 10.3. The van der Waals surface area contributed by atoms with Gasteiger partial charge in [-0.15, -0.1) is 0 Å². The molecule has 0 aromatic carbocycles. The van der Waals surface area contributed by atoms with Crippen molar-refractivity contribution in [2.75, 3.05) is 12.3 Å². The molecular weight excluding hydrogens is 232 g/mol. The summed E-state index contributed by atoms with van der Waals surface area (Å²) in [4.78, 5) is 13.8. The highest BCUT2D eigenvalue weighted by Gasteiger charge is 2.14. The van der Waals surface area contributed by atoms with Crippen LogP contribution < -0.4 is 5.73 Å². The number of anilines is 1. The van der Waals surface area contributed by atoms with Gasteiger partial charge in [-0.2, -0.15) is 5.10 Å². The predicted octanol–water partition coefficient (Wildman–Crippen LogP) is 1.11. The first-order valence-corrected chi connectivity index (χ1v) is 5.77. The molecule has 0 aliphatic heterocycles. The molecule has 0 spiro atoms. The number of aromatic nitrogens is 2. The zero-order valence-electron chi connectivity index (χ0n) is 10.2. The average molecular weight is 248 g/mol. The van der Waals surface area contributed by atoms with Gasteiger partial charge in [-0.3, -0.25) is 9.48 Å². The summed E-state index contributed by atoms with van der Waals surface area (Å²) < 4.78 is 6.76. The molecule has 0 bridgehead atoms. The van der Waals surface area contributed by atoms with Crippen molar-refractivity contribution in [3.63, 3.8) is 0 Å². The maximum atomic E-state index is 12.1. The lowest BCUT2D eigenvalue weighted by Crippen LogP contribution is -2.33. The molecule has 0 radical (unpaired) electrons. The first-order chi connectivity index (χ1) is 8.69. The fourth-order valence-corrected chi connectivity index (χ4v) is 1.67. The molecular formula is C12H16N4O2. The molecule has 18 heavy (non-hydrogen) atoms. The van der Waals surface area contributed by atoms with Crippen molar-refractivity contribution in [2.24, 2.45) is 0 Å². The van der Waals surface area contributed by atoms with Crippen molar-refractivity contribution in [2.45, 2.75) is 20.0 Å². The van der Waals surface area contributed by atoms with Gasteiger partial charge in [-0.1, -0.05) is 0 Å². The van der Waals surface area contributed by atoms with Crippen molar-refractivity contribution >= 4 is 11.6 Å². The van der Waals surface area contributed by atoms with Crippen LogP contribution in [0.5, 0.6) is 0 Å². The summed E-state index contributed by atoms with van der Waals surface area (Å²) in [6.45, 7) is 3.21. The number of nitrogens with zero attached hydrogens (tertiary/aromatic N) is 3. The fourth-order valence-electron chi connectivity index (χ4n) is 1.67. The monoisotopic (exact) mass is 248 g/mol. The number of nitrogens with two attached hydrogens (primary N) is 1. The Kier molecular flexibility index (Phi) is 3.66. The number of rotatable bonds is 5. The van der Waals surface area contributed by atoms with Crippen molar-refractivity contribution in [1.82, 2.24) is 14.7 Å². The van der Waals surface area contributed by atoms with Gasteiger partial charge in [0.25, 0.3) is 0 Å². The molecule has 2 rings (SSSR count). The molecule has 0 aliphatic carbocycles. The molecule has 0 saturated carbocycles. The second-order valence-electron chi connectivity index (χ2n) is 3.96. The van der Waals surface area contributed by atoms with Crippen LogP contribution >= 0.6 is 0 Å². The maximum Gasteiger partial charge on any atom is 0.244 e. The van der Waals surface area contributed by atoms with Crippen LogP contribution in [-0.2, 0) is 17.9 Å². The third kappa shape index (κ3) is 2.91. The van der Waals surface area contributed by atoms with E-state index in [2.05, 4.69) is 5.10 Å². The number of hydrogen-bond acceptors (Lipinski definition) is 4. The summed E-state index contributed by atoms with van der Waals surface area (Å²) in [7, 11) is 0. The van der Waals surface area contributed by atoms with Crippen molar-refractivity contribution in [3.8, 4) is 0 Å². The predicted molar refractivity (Wildman–Crippen MR) is 66.4 cm³/mol. The summed E-state index contributed by atoms with van der Waals surface area (Å²) in [6.07, 6.45) is 4.76. The van der Waals surface area contributed by atoms with Crippen molar-refractivity contribution < 1.29 is 9.21 Å². The molecule has 0 atom stereocenters. The molecule has 2 aromatic heterocycles. The number of carbonyl (C=O) groups is 1. The quantitative estimate of drug-likeness (QED) is 0.859. The van der Waals surface area contributed by atoms with E-state index in [1.807, 2.05) is 19.1 Å². The Labute approximate surface area is 105 Å². The molecule has 2 aromatic rings. The fraction of sp³-hybridized carbons (Fsp3) is 0.333. The molecule has 1 amide bonds. The Morgan fingerprint density at radius 1 is 1.61 bits per heavy atom. The summed E-state index contributed by atoms with van der Waals surface area (Å²) in [5.74, 6) is 0.752. The minimum Gasteiger partial charge on any atom is -0.467 e. The highest BCUT2D eigenvalue weighted by Crippen LogP contribution is 2.06. The minimum absolute atomic E-state index is 0.0167. The van der Waals surface area contributed by atoms with Crippen LogP contribution in [0.4, 0.5) is 5.69 Å². The van der Waals surface area contributed by atoms with Gasteiger partial charge in [0.1, 0.15) is 12.3 Å². The van der Waals surface area contributed by atoms with E-state index in [0.717, 1.165) is 5.76 Å². The Morgan fingerprint density at radius 2 is 2.44 bits per heavy atom. The number of nitrogen functional groups attached to an aromatic ring is 1. The van der Waals surface area contributed by atoms with E-state index in [1.165, 1.54) is 10.9 Å². The van der Waals surface area contributed by atoms with Gasteiger partial charge in [-0.05, 0) is 19.1 Å². The molecule has 0 fully saturated rings. The maximum absolute atomic E-state index is 12.1. The summed E-state index contributed by atoms with van der Waals surface area (Å²) in [5, 5.41) is 3.99. The van der Waals surface area contributed by atoms with E-state index in [-0.39, 0.29) is 12.5 Å². The molecule has 0 aliphatic rings. The second-order valence-corrected chi connectivity index (χ2v) is 3.96. The SMILES string of the molecule is CCN(Cc1ccco1)C(=O)Cn1cc(N)cn1. The third-order valence-corrected chi connectivity index (χ3v) is 2.61. The van der Waals surface area contributed by atoms with E-state index in [9.17, 15) is 4.79 Å². The van der Waals surface area contributed by atoms with E-state index < -0.39 is 0 Å². The molecule has 6 heteroatoms. The topological polar surface area (TPSA) is 77.3 Å². The van der Waals surface area contributed by atoms with E-state index in [0.29, 0.717) is 18.8 Å². The van der Waals surface area contributed by atoms with Crippen LogP contribution in [0.1, 0.15) is 12.7 Å². The first kappa shape index (κ1) is 12.2. The Balaban J connectivity index is 1.97. The molecule has 0 saturated heterocycles. The second kappa shape index (κ2) is 5.39. The van der Waals surface area contributed by atoms with Gasteiger partial charge in [0.15, 0.2) is 0 Å². The summed E-state index contributed by atoms with van der Waals surface area (Å²) in [5.41, 5.74) is 6.10. The minimum atomic E-state index is -0.0167. The van der Waals surface area contributed by atoms with E-state index >= 15 is 0 Å². The number of furan rings is 1. The standard InChI is InChI=1S/C12H16N4O2/c1-2-15(8-11-4-3-5-18-11)12(17)9-16-7-10(13)6-14-16/h3-7H,2,8-9,13H2,1H3. The molecule has 2 N–H and O–H groups in total. The van der Waals surface area contributed by atoms with Crippen LogP contribution in [-0.4, -0.2) is 27.1 Å². The lowest BCUT2D eigenvalue weighted by molar-refractivity contribution is -0.132. The number of amides is 1. The number of likely N-dealkylation sites (N-methyl/N-ethyl adjacent to an activating group) is 1. The Hall–Kier alpha value is -2.24. The normalized spacial score (nSPS) is 10.5. The van der Waals surface area contributed by atoms with E-state index in [1.54, 1.807) is 17.4 Å².